The molecule has 0 heterocycles. The minimum Gasteiger partial charge on any atom is -0.494 e. The zero-order valence-electron chi connectivity index (χ0n) is 18.8. The van der Waals surface area contributed by atoms with E-state index < -0.39 is 5.97 Å². The zero-order chi connectivity index (χ0) is 23.0. The minimum absolute atomic E-state index is 0.421. The van der Waals surface area contributed by atoms with Crippen LogP contribution in [0.3, 0.4) is 0 Å². The summed E-state index contributed by atoms with van der Waals surface area (Å²) in [5.41, 5.74) is 3.16. The number of aryl methyl sites for hydroxylation is 1. The Morgan fingerprint density at radius 2 is 1.48 bits per heavy atom. The maximum Gasteiger partial charge on any atom is 0.343 e. The normalized spacial score (nSPS) is 11.1. The molecule has 0 radical (unpaired) electrons. The molecule has 166 valence electrons. The molecule has 4 rings (SSSR count). The van der Waals surface area contributed by atoms with E-state index in [2.05, 4.69) is 30.1 Å². The van der Waals surface area contributed by atoms with Gasteiger partial charge in [-0.15, -0.1) is 5.11 Å². The van der Waals surface area contributed by atoms with E-state index in [0.717, 1.165) is 35.1 Å². The number of hydrogen-bond acceptors (Lipinski definition) is 5. The molecule has 0 aliphatic rings. The largest absolute Gasteiger partial charge is 0.494 e. The predicted octanol–water partition coefficient (Wildman–Crippen LogP) is 7.96. The third kappa shape index (κ3) is 5.63. The van der Waals surface area contributed by atoms with Gasteiger partial charge in [-0.1, -0.05) is 43.7 Å². The third-order valence-electron chi connectivity index (χ3n) is 5.30. The molecule has 0 N–H and O–H groups in total. The lowest BCUT2D eigenvalue weighted by Gasteiger charge is -2.07. The summed E-state index contributed by atoms with van der Waals surface area (Å²) in [5.74, 6) is 0.773. The molecule has 33 heavy (non-hydrogen) atoms. The number of rotatable bonds is 8. The summed E-state index contributed by atoms with van der Waals surface area (Å²) < 4.78 is 11.1. The maximum absolute atomic E-state index is 12.4. The van der Waals surface area contributed by atoms with Gasteiger partial charge >= 0.3 is 5.97 Å². The molecule has 0 spiro atoms. The van der Waals surface area contributed by atoms with Crippen LogP contribution in [-0.4, -0.2) is 12.6 Å². The highest BCUT2D eigenvalue weighted by Gasteiger charge is 2.09. The second-order valence-electron chi connectivity index (χ2n) is 7.76. The number of fused-ring (bicyclic) bond motifs is 1. The Kier molecular flexibility index (Phi) is 7.10. The highest BCUT2D eigenvalue weighted by Crippen LogP contribution is 2.30. The third-order valence-corrected chi connectivity index (χ3v) is 5.30. The smallest absolute Gasteiger partial charge is 0.343 e. The molecular formula is C28H26N2O3. The van der Waals surface area contributed by atoms with E-state index in [0.29, 0.717) is 23.6 Å². The first kappa shape index (κ1) is 22.2. The van der Waals surface area contributed by atoms with Crippen molar-refractivity contribution >= 4 is 28.1 Å². The lowest BCUT2D eigenvalue weighted by molar-refractivity contribution is 0.0734. The molecule has 5 heteroatoms. The number of unbranched alkanes of at least 4 members (excludes halogenated alkanes) is 1. The fraction of sp³-hybridized carbons (Fsp3) is 0.179. The number of esters is 1. The summed E-state index contributed by atoms with van der Waals surface area (Å²) in [6, 6.07) is 26.1. The summed E-state index contributed by atoms with van der Waals surface area (Å²) >= 11 is 0. The van der Waals surface area contributed by atoms with Gasteiger partial charge in [0.15, 0.2) is 0 Å². The van der Waals surface area contributed by atoms with Crippen LogP contribution in [-0.2, 0) is 0 Å². The fourth-order valence-electron chi connectivity index (χ4n) is 3.40. The van der Waals surface area contributed by atoms with Gasteiger partial charge in [-0.05, 0) is 78.9 Å². The molecule has 0 saturated carbocycles. The van der Waals surface area contributed by atoms with Gasteiger partial charge < -0.3 is 9.47 Å². The summed E-state index contributed by atoms with van der Waals surface area (Å²) in [5, 5.41) is 11.0. The topological polar surface area (TPSA) is 60.2 Å². The minimum atomic E-state index is -0.421. The van der Waals surface area contributed by atoms with Gasteiger partial charge in [0.05, 0.1) is 23.5 Å². The Balaban J connectivity index is 1.39. The molecule has 0 aliphatic heterocycles. The van der Waals surface area contributed by atoms with Crippen LogP contribution >= 0.6 is 0 Å². The molecule has 0 atom stereocenters. The van der Waals surface area contributed by atoms with Crippen molar-refractivity contribution in [3.8, 4) is 11.5 Å². The second kappa shape index (κ2) is 10.6. The van der Waals surface area contributed by atoms with Gasteiger partial charge in [-0.25, -0.2) is 4.79 Å². The number of azo groups is 1. The number of carbonyl (C=O) groups excluding carboxylic acids is 1. The van der Waals surface area contributed by atoms with Gasteiger partial charge in [-0.3, -0.25) is 0 Å². The predicted molar refractivity (Wildman–Crippen MR) is 131 cm³/mol. The first-order valence-electron chi connectivity index (χ1n) is 11.1. The van der Waals surface area contributed by atoms with Crippen LogP contribution < -0.4 is 9.47 Å². The number of carbonyl (C=O) groups is 1. The van der Waals surface area contributed by atoms with Crippen molar-refractivity contribution in [2.24, 2.45) is 10.2 Å². The molecule has 0 unspecified atom stereocenters. The van der Waals surface area contributed by atoms with Gasteiger partial charge in [0.1, 0.15) is 11.5 Å². The van der Waals surface area contributed by atoms with Crippen LogP contribution in [0.15, 0.2) is 95.2 Å². The van der Waals surface area contributed by atoms with E-state index in [-0.39, 0.29) is 0 Å². The Bertz CT molecular complexity index is 1260. The molecule has 5 nitrogen and oxygen atoms in total. The van der Waals surface area contributed by atoms with Crippen molar-refractivity contribution < 1.29 is 14.3 Å². The Morgan fingerprint density at radius 3 is 2.21 bits per heavy atom. The number of benzene rings is 4. The maximum atomic E-state index is 12.4. The van der Waals surface area contributed by atoms with Crippen molar-refractivity contribution in [3.05, 3.63) is 96.1 Å². The van der Waals surface area contributed by atoms with Crippen molar-refractivity contribution in [3.63, 3.8) is 0 Å². The zero-order valence-corrected chi connectivity index (χ0v) is 18.8. The number of hydrogen-bond donors (Lipinski definition) is 0. The lowest BCUT2D eigenvalue weighted by atomic mass is 10.0. The molecular weight excluding hydrogens is 412 g/mol. The van der Waals surface area contributed by atoms with E-state index in [1.807, 2.05) is 30.3 Å². The molecule has 0 aromatic heterocycles. The molecule has 0 aliphatic carbocycles. The average Bonchev–Trinajstić information content (AvgIpc) is 2.85. The lowest BCUT2D eigenvalue weighted by Crippen LogP contribution is -2.08. The van der Waals surface area contributed by atoms with Crippen molar-refractivity contribution in [2.75, 3.05) is 6.61 Å². The highest BCUT2D eigenvalue weighted by molar-refractivity contribution is 5.94. The SMILES string of the molecule is CCCCOc1ccc(C(=O)Oc2ccc(N=Nc3ccc(C)c4ccccc34)cc2)cc1. The average molecular weight is 439 g/mol. The molecule has 0 saturated heterocycles. The Morgan fingerprint density at radius 1 is 0.788 bits per heavy atom. The first-order valence-corrected chi connectivity index (χ1v) is 11.1. The van der Waals surface area contributed by atoms with Crippen molar-refractivity contribution in [2.45, 2.75) is 26.7 Å². The summed E-state index contributed by atoms with van der Waals surface area (Å²) in [4.78, 5) is 12.4. The van der Waals surface area contributed by atoms with Gasteiger partial charge in [0.25, 0.3) is 0 Å². The van der Waals surface area contributed by atoms with Crippen LogP contribution in [0.2, 0.25) is 0 Å². The summed E-state index contributed by atoms with van der Waals surface area (Å²) in [6.45, 7) is 4.87. The van der Waals surface area contributed by atoms with Gasteiger partial charge in [0, 0.05) is 5.39 Å². The van der Waals surface area contributed by atoms with Crippen LogP contribution in [0, 0.1) is 6.92 Å². The van der Waals surface area contributed by atoms with Gasteiger partial charge in [-0.2, -0.15) is 5.11 Å². The number of nitrogens with zero attached hydrogens (tertiary/aromatic N) is 2. The Labute approximate surface area is 193 Å². The first-order chi connectivity index (χ1) is 16.1. The van der Waals surface area contributed by atoms with E-state index >= 15 is 0 Å². The van der Waals surface area contributed by atoms with E-state index in [4.69, 9.17) is 9.47 Å². The standard InChI is InChI=1S/C28H26N2O3/c1-3-4-19-32-23-14-10-21(11-15-23)28(31)33-24-16-12-22(13-17-24)29-30-27-18-9-20(2)25-7-5-6-8-26(25)27/h5-18H,3-4,19H2,1-2H3. The summed E-state index contributed by atoms with van der Waals surface area (Å²) in [6.07, 6.45) is 2.08. The van der Waals surface area contributed by atoms with E-state index in [1.165, 1.54) is 5.56 Å². The van der Waals surface area contributed by atoms with Crippen LogP contribution in [0.5, 0.6) is 11.5 Å². The van der Waals surface area contributed by atoms with Gasteiger partial charge in [0.2, 0.25) is 0 Å². The van der Waals surface area contributed by atoms with Crippen LogP contribution in [0.4, 0.5) is 11.4 Å². The van der Waals surface area contributed by atoms with Crippen molar-refractivity contribution in [1.29, 1.82) is 0 Å². The Hall–Kier alpha value is -3.99. The second-order valence-corrected chi connectivity index (χ2v) is 7.76. The molecule has 0 fully saturated rings. The van der Waals surface area contributed by atoms with Crippen LogP contribution in [0.25, 0.3) is 10.8 Å². The fourth-order valence-corrected chi connectivity index (χ4v) is 3.40. The summed E-state index contributed by atoms with van der Waals surface area (Å²) in [7, 11) is 0. The molecule has 4 aromatic carbocycles. The van der Waals surface area contributed by atoms with E-state index in [1.54, 1.807) is 48.5 Å². The van der Waals surface area contributed by atoms with Crippen molar-refractivity contribution in [1.82, 2.24) is 0 Å². The van der Waals surface area contributed by atoms with E-state index in [9.17, 15) is 4.79 Å². The quantitative estimate of drug-likeness (QED) is 0.121. The molecule has 0 bridgehead atoms. The monoisotopic (exact) mass is 438 g/mol. The van der Waals surface area contributed by atoms with Crippen LogP contribution in [0.1, 0.15) is 35.7 Å². The highest BCUT2D eigenvalue weighted by atomic mass is 16.5. The molecule has 4 aromatic rings. The number of ether oxygens (including phenoxy) is 2. The molecule has 0 amide bonds.